The van der Waals surface area contributed by atoms with E-state index in [1.807, 2.05) is 24.3 Å². The van der Waals surface area contributed by atoms with Crippen molar-refractivity contribution in [2.24, 2.45) is 11.0 Å². The summed E-state index contributed by atoms with van der Waals surface area (Å²) >= 11 is 5.95. The first kappa shape index (κ1) is 25.3. The lowest BCUT2D eigenvalue weighted by molar-refractivity contribution is -0.119. The first-order chi connectivity index (χ1) is 16.3. The Labute approximate surface area is 205 Å². The topological polar surface area (TPSA) is 88.1 Å². The molecule has 0 aliphatic carbocycles. The number of hydrogen-bond acceptors (Lipinski definition) is 5. The van der Waals surface area contributed by atoms with Gasteiger partial charge < -0.3 is 4.74 Å². The zero-order valence-corrected chi connectivity index (χ0v) is 20.5. The van der Waals surface area contributed by atoms with E-state index < -0.39 is 22.5 Å². The van der Waals surface area contributed by atoms with Gasteiger partial charge in [0, 0.05) is 5.02 Å². The molecular weight excluding hydrogens is 474 g/mol. The summed E-state index contributed by atoms with van der Waals surface area (Å²) in [5, 5.41) is 4.41. The second kappa shape index (κ2) is 11.7. The lowest BCUT2D eigenvalue weighted by Gasteiger charge is -2.23. The minimum Gasteiger partial charge on any atom is -0.493 e. The minimum atomic E-state index is -3.99. The van der Waals surface area contributed by atoms with Gasteiger partial charge in [-0.2, -0.15) is 5.10 Å². The number of benzene rings is 3. The van der Waals surface area contributed by atoms with Crippen LogP contribution >= 0.6 is 11.6 Å². The second-order valence-electron chi connectivity index (χ2n) is 7.87. The van der Waals surface area contributed by atoms with E-state index in [1.54, 1.807) is 42.5 Å². The maximum absolute atomic E-state index is 13.2. The van der Waals surface area contributed by atoms with Gasteiger partial charge in [0.15, 0.2) is 0 Å². The van der Waals surface area contributed by atoms with E-state index >= 15 is 0 Å². The SMILES string of the molecule is CC(C)COc1ccc(/C=N\NC(=O)CN(c2ccc(Cl)cc2)S(=O)(=O)c2ccccc2)cc1. The van der Waals surface area contributed by atoms with Gasteiger partial charge in [-0.05, 0) is 72.1 Å². The number of halogens is 1. The van der Waals surface area contributed by atoms with Crippen LogP contribution in [-0.2, 0) is 14.8 Å². The number of amides is 1. The van der Waals surface area contributed by atoms with Crippen LogP contribution < -0.4 is 14.5 Å². The fourth-order valence-electron chi connectivity index (χ4n) is 2.90. The highest BCUT2D eigenvalue weighted by atomic mass is 35.5. The van der Waals surface area contributed by atoms with Crippen LogP contribution in [0.2, 0.25) is 5.02 Å². The van der Waals surface area contributed by atoms with E-state index in [0.29, 0.717) is 23.2 Å². The fourth-order valence-corrected chi connectivity index (χ4v) is 4.47. The van der Waals surface area contributed by atoms with Crippen molar-refractivity contribution in [3.63, 3.8) is 0 Å². The predicted octanol–water partition coefficient (Wildman–Crippen LogP) is 4.72. The molecule has 0 aromatic heterocycles. The van der Waals surface area contributed by atoms with E-state index in [1.165, 1.54) is 18.3 Å². The molecule has 34 heavy (non-hydrogen) atoms. The number of nitrogens with zero attached hydrogens (tertiary/aromatic N) is 2. The third-order valence-electron chi connectivity index (χ3n) is 4.60. The summed E-state index contributed by atoms with van der Waals surface area (Å²) < 4.78 is 33.1. The van der Waals surface area contributed by atoms with Gasteiger partial charge in [-0.1, -0.05) is 43.6 Å². The predicted molar refractivity (Wildman–Crippen MR) is 135 cm³/mol. The molecule has 3 rings (SSSR count). The standard InChI is InChI=1S/C25H26ClN3O4S/c1-19(2)18-33-23-14-8-20(9-15-23)16-27-28-25(30)17-29(22-12-10-21(26)11-13-22)34(31,32)24-6-4-3-5-7-24/h3-16,19H,17-18H2,1-2H3,(H,28,30)/b27-16-. The molecule has 0 saturated heterocycles. The molecule has 7 nitrogen and oxygen atoms in total. The average molecular weight is 500 g/mol. The fraction of sp³-hybridized carbons (Fsp3) is 0.200. The van der Waals surface area contributed by atoms with Crippen molar-refractivity contribution in [3.8, 4) is 5.75 Å². The summed E-state index contributed by atoms with van der Waals surface area (Å²) in [5.74, 6) is 0.580. The molecule has 0 fully saturated rings. The van der Waals surface area contributed by atoms with Gasteiger partial charge in [0.25, 0.3) is 15.9 Å². The normalized spacial score (nSPS) is 11.5. The van der Waals surface area contributed by atoms with Gasteiger partial charge in [0.05, 0.1) is 23.4 Å². The molecule has 0 aliphatic heterocycles. The molecule has 0 heterocycles. The van der Waals surface area contributed by atoms with Gasteiger partial charge in [0.1, 0.15) is 12.3 Å². The third kappa shape index (κ3) is 7.07. The Balaban J connectivity index is 1.70. The van der Waals surface area contributed by atoms with Crippen LogP contribution in [0.3, 0.4) is 0 Å². The minimum absolute atomic E-state index is 0.0704. The number of anilines is 1. The number of carbonyl (C=O) groups is 1. The van der Waals surface area contributed by atoms with Gasteiger partial charge >= 0.3 is 0 Å². The van der Waals surface area contributed by atoms with Crippen molar-refractivity contribution in [3.05, 3.63) is 89.4 Å². The molecule has 0 spiro atoms. The van der Waals surface area contributed by atoms with E-state index in [2.05, 4.69) is 24.4 Å². The van der Waals surface area contributed by atoms with Crippen LogP contribution in [0.15, 0.2) is 88.9 Å². The molecule has 178 valence electrons. The number of hydrogen-bond donors (Lipinski definition) is 1. The number of nitrogens with one attached hydrogen (secondary N) is 1. The molecule has 3 aromatic carbocycles. The zero-order chi connectivity index (χ0) is 24.6. The second-order valence-corrected chi connectivity index (χ2v) is 10.2. The van der Waals surface area contributed by atoms with Crippen molar-refractivity contribution in [2.75, 3.05) is 17.5 Å². The van der Waals surface area contributed by atoms with Crippen LogP contribution in [0.4, 0.5) is 5.69 Å². The number of carbonyl (C=O) groups excluding carboxylic acids is 1. The Morgan fingerprint density at radius 1 is 1.03 bits per heavy atom. The summed E-state index contributed by atoms with van der Waals surface area (Å²) in [5.41, 5.74) is 3.45. The number of ether oxygens (including phenoxy) is 1. The molecule has 1 N–H and O–H groups in total. The lowest BCUT2D eigenvalue weighted by atomic mass is 10.2. The van der Waals surface area contributed by atoms with Gasteiger partial charge in [-0.3, -0.25) is 9.10 Å². The van der Waals surface area contributed by atoms with Crippen LogP contribution in [0.5, 0.6) is 5.75 Å². The van der Waals surface area contributed by atoms with Crippen molar-refractivity contribution in [1.82, 2.24) is 5.43 Å². The summed E-state index contributed by atoms with van der Waals surface area (Å²) in [6.07, 6.45) is 1.47. The maximum Gasteiger partial charge on any atom is 0.264 e. The molecule has 0 bridgehead atoms. The molecular formula is C25H26ClN3O4S. The van der Waals surface area contributed by atoms with Crippen molar-refractivity contribution < 1.29 is 17.9 Å². The quantitative estimate of drug-likeness (QED) is 0.323. The van der Waals surface area contributed by atoms with Gasteiger partial charge in [0.2, 0.25) is 0 Å². The third-order valence-corrected chi connectivity index (χ3v) is 6.64. The Hall–Kier alpha value is -3.36. The van der Waals surface area contributed by atoms with E-state index in [9.17, 15) is 13.2 Å². The Kier molecular flexibility index (Phi) is 8.67. The van der Waals surface area contributed by atoms with Crippen LogP contribution in [0.25, 0.3) is 0 Å². The molecule has 0 radical (unpaired) electrons. The molecule has 1 amide bonds. The molecule has 0 saturated carbocycles. The number of hydrazone groups is 1. The Morgan fingerprint density at radius 3 is 2.29 bits per heavy atom. The highest BCUT2D eigenvalue weighted by Gasteiger charge is 2.27. The van der Waals surface area contributed by atoms with Crippen molar-refractivity contribution in [1.29, 1.82) is 0 Å². The molecule has 0 aliphatic rings. The first-order valence-corrected chi connectivity index (χ1v) is 12.5. The first-order valence-electron chi connectivity index (χ1n) is 10.6. The molecule has 3 aromatic rings. The van der Waals surface area contributed by atoms with Crippen LogP contribution in [-0.4, -0.2) is 33.7 Å². The molecule has 0 atom stereocenters. The van der Waals surface area contributed by atoms with Gasteiger partial charge in [-0.15, -0.1) is 0 Å². The van der Waals surface area contributed by atoms with E-state index in [-0.39, 0.29) is 4.90 Å². The van der Waals surface area contributed by atoms with Crippen molar-refractivity contribution >= 4 is 39.4 Å². The summed E-state index contributed by atoms with van der Waals surface area (Å²) in [6, 6.07) is 21.4. The summed E-state index contributed by atoms with van der Waals surface area (Å²) in [4.78, 5) is 12.7. The van der Waals surface area contributed by atoms with E-state index in [0.717, 1.165) is 15.6 Å². The molecule has 9 heteroatoms. The molecule has 0 unspecified atom stereocenters. The smallest absolute Gasteiger partial charge is 0.264 e. The summed E-state index contributed by atoms with van der Waals surface area (Å²) in [6.45, 7) is 4.31. The number of rotatable bonds is 10. The average Bonchev–Trinajstić information content (AvgIpc) is 2.83. The maximum atomic E-state index is 13.2. The van der Waals surface area contributed by atoms with E-state index in [4.69, 9.17) is 16.3 Å². The van der Waals surface area contributed by atoms with Crippen LogP contribution in [0.1, 0.15) is 19.4 Å². The summed E-state index contributed by atoms with van der Waals surface area (Å²) in [7, 11) is -3.99. The highest BCUT2D eigenvalue weighted by Crippen LogP contribution is 2.25. The van der Waals surface area contributed by atoms with Crippen LogP contribution in [0, 0.1) is 5.92 Å². The largest absolute Gasteiger partial charge is 0.493 e. The Bertz CT molecular complexity index is 1210. The zero-order valence-electron chi connectivity index (χ0n) is 18.9. The Morgan fingerprint density at radius 2 is 1.68 bits per heavy atom. The lowest BCUT2D eigenvalue weighted by Crippen LogP contribution is -2.39. The monoisotopic (exact) mass is 499 g/mol. The highest BCUT2D eigenvalue weighted by molar-refractivity contribution is 7.92. The van der Waals surface area contributed by atoms with Crippen molar-refractivity contribution in [2.45, 2.75) is 18.7 Å². The number of sulfonamides is 1. The van der Waals surface area contributed by atoms with Gasteiger partial charge in [-0.25, -0.2) is 13.8 Å².